The van der Waals surface area contributed by atoms with E-state index in [0.717, 1.165) is 74.0 Å². The summed E-state index contributed by atoms with van der Waals surface area (Å²) in [5.74, 6) is 4.28. The summed E-state index contributed by atoms with van der Waals surface area (Å²) in [6, 6.07) is 5.51. The first kappa shape index (κ1) is 93.4. The number of hydrogen-bond donors (Lipinski definition) is 15. The Labute approximate surface area is 546 Å². The number of nitrogens with one attached hydrogen (secondary N) is 4. The Kier molecular flexibility index (Phi) is 69.7. The number of fused-ring (bicyclic) bond motifs is 1. The number of unbranched alkanes of at least 4 members (excludes halogenated alkanes) is 4. The van der Waals surface area contributed by atoms with Crippen molar-refractivity contribution < 1.29 is 64.7 Å². The molecule has 0 aliphatic carbocycles. The van der Waals surface area contributed by atoms with Gasteiger partial charge in [0.15, 0.2) is 23.0 Å². The van der Waals surface area contributed by atoms with Gasteiger partial charge in [-0.2, -0.15) is 79.2 Å². The summed E-state index contributed by atoms with van der Waals surface area (Å²) in [5.41, 5.74) is 50.0. The summed E-state index contributed by atoms with van der Waals surface area (Å²) in [5, 5.41) is 11.2. The number of thiol groups is 2. The number of ether oxygens (including phenoxy) is 4. The average molecular weight is 1460 g/mol. The van der Waals surface area contributed by atoms with Crippen molar-refractivity contribution in [1.29, 1.82) is 0 Å². The van der Waals surface area contributed by atoms with E-state index in [4.69, 9.17) is 64.8 Å². The summed E-state index contributed by atoms with van der Waals surface area (Å²) in [6.45, 7) is 4.67. The van der Waals surface area contributed by atoms with Crippen LogP contribution >= 0.6 is 101 Å². The Bertz CT molecular complexity index is 1670. The SMILES string of the molecule is N.NCCCC[C@H](N)C(=O)NCCOc1cc(CS)c(CS)cc1OCCNC(=O)[C@@H](N)CCCCN.NCCCC[C@H](N)C(=O)NCCOc1cc2c(cc1OCCNC(=O)[C@@H](N)CCCCN)CSSC2.O.S.S.S.S.[B][B].[W]. The first-order valence-corrected chi connectivity index (χ1v) is 29.1. The molecule has 4 atom stereocenters. The second-order valence-corrected chi connectivity index (χ2v) is 20.2. The van der Waals surface area contributed by atoms with E-state index in [1.54, 1.807) is 21.6 Å². The van der Waals surface area contributed by atoms with E-state index in [9.17, 15) is 19.2 Å². The monoisotopic (exact) mass is 1460 g/mol. The van der Waals surface area contributed by atoms with Crippen LogP contribution in [0.3, 0.4) is 0 Å². The van der Waals surface area contributed by atoms with Gasteiger partial charge in [0.25, 0.3) is 0 Å². The van der Waals surface area contributed by atoms with E-state index in [-0.39, 0.29) is 137 Å². The van der Waals surface area contributed by atoms with Gasteiger partial charge in [-0.05, 0) is 124 Å². The topological polar surface area (TPSA) is 428 Å². The smallest absolute Gasteiger partial charge is 0.237 e. The Morgan fingerprint density at radius 1 is 0.469 bits per heavy atom. The summed E-state index contributed by atoms with van der Waals surface area (Å²) in [4.78, 5) is 48.6. The molecule has 0 unspecified atom stereocenters. The molecule has 470 valence electrons. The first-order chi connectivity index (χ1) is 35.8. The molecule has 0 bridgehead atoms. The van der Waals surface area contributed by atoms with Crippen LogP contribution in [0.5, 0.6) is 23.0 Å². The normalized spacial score (nSPS) is 12.1. The molecule has 2 aromatic carbocycles. The Morgan fingerprint density at radius 2 is 0.691 bits per heavy atom. The molecule has 25 N–H and O–H groups in total. The molecule has 0 spiro atoms. The molecule has 1 aliphatic heterocycles. The van der Waals surface area contributed by atoms with Crippen LogP contribution in [0.2, 0.25) is 0 Å². The fourth-order valence-corrected chi connectivity index (χ4v) is 9.75. The van der Waals surface area contributed by atoms with Crippen LogP contribution in [0.25, 0.3) is 0 Å². The molecular weight excluding hydrogens is 1360 g/mol. The summed E-state index contributed by atoms with van der Waals surface area (Å²) in [7, 11) is 11.6. The van der Waals surface area contributed by atoms with Crippen LogP contribution in [0.1, 0.15) is 99.3 Å². The third kappa shape index (κ3) is 41.5. The Balaban J connectivity index is -0.000000242. The van der Waals surface area contributed by atoms with Crippen LogP contribution in [-0.4, -0.2) is 148 Å². The molecule has 0 fully saturated rings. The van der Waals surface area contributed by atoms with Crippen molar-refractivity contribution in [3.05, 3.63) is 46.5 Å². The number of rotatable bonds is 38. The predicted octanol–water partition coefficient (Wildman–Crippen LogP) is 0.457. The fraction of sp³-hybridized carbons (Fsp3) is 0.667. The van der Waals surface area contributed by atoms with Gasteiger partial charge in [-0.15, -0.1) is 0 Å². The molecule has 1 aliphatic rings. The molecule has 3 rings (SSSR count). The van der Waals surface area contributed by atoms with Gasteiger partial charge in [0.05, 0.1) is 50.3 Å². The van der Waals surface area contributed by atoms with Crippen LogP contribution in [0.4, 0.5) is 0 Å². The number of nitrogens with two attached hydrogens (primary N) is 8. The van der Waals surface area contributed by atoms with Gasteiger partial charge in [-0.1, -0.05) is 47.3 Å². The molecule has 2 aromatic rings. The third-order valence-corrected chi connectivity index (χ3v) is 14.2. The van der Waals surface area contributed by atoms with Crippen molar-refractivity contribution in [2.45, 2.75) is 124 Å². The largest absolute Gasteiger partial charge is 0.488 e. The average Bonchev–Trinajstić information content (AvgIpc) is 3.41. The van der Waals surface area contributed by atoms with Crippen molar-refractivity contribution in [3.8, 4) is 23.0 Å². The number of carbonyl (C=O) groups is 4. The number of benzene rings is 2. The first-order valence-electron chi connectivity index (χ1n) is 25.4. The maximum absolute atomic E-state index is 12.2. The van der Waals surface area contributed by atoms with E-state index < -0.39 is 24.2 Å². The standard InChI is InChI=1S/C24H42N6O4S2.C24H44N6O4S2.B2.H3N.H2O.4H2S.W/c25-7-3-1-5-19(27)23(31)29-9-11-33-21-13-17-15-35-36-16-18(17)14-22(21)34-12-10-30-24(32)20(28)6-2-4-8-26;25-7-3-1-5-19(27)23(31)29-9-11-33-21-13-17(15-35)18(16-36)14-22(21)34-12-10-30-24(32)20(28)6-2-4-8-26;1-2;;;;;;;/h13-14,19-20H,1-12,15-16,25-28H2,(H,29,31)(H,30,32);13-14,19-20,35-36H,1-12,15-16,25-28H2,(H,29,31)(H,30,32);;1H3;5*1H2;/t2*19-,20-;;;;;;;;/m00......../s1. The van der Waals surface area contributed by atoms with Gasteiger partial charge in [0.1, 0.15) is 26.4 Å². The van der Waals surface area contributed by atoms with Gasteiger partial charge in [0.2, 0.25) is 23.6 Å². The zero-order valence-electron chi connectivity index (χ0n) is 46.8. The van der Waals surface area contributed by atoms with Crippen molar-refractivity contribution in [2.24, 2.45) is 45.9 Å². The summed E-state index contributed by atoms with van der Waals surface area (Å²) >= 11 is 8.78. The van der Waals surface area contributed by atoms with Gasteiger partial charge < -0.3 is 97.7 Å². The Hall–Kier alpha value is -1.26. The van der Waals surface area contributed by atoms with Crippen LogP contribution in [-0.2, 0) is 63.3 Å². The maximum Gasteiger partial charge on any atom is 0.237 e. The number of amides is 4. The van der Waals surface area contributed by atoms with Gasteiger partial charge >= 0.3 is 0 Å². The second kappa shape index (κ2) is 60.4. The molecule has 4 radical (unpaired) electrons. The maximum atomic E-state index is 12.2. The predicted molar refractivity (Wildman–Crippen MR) is 360 cm³/mol. The van der Waals surface area contributed by atoms with Crippen LogP contribution < -0.4 is 92.2 Å². The van der Waals surface area contributed by atoms with Crippen molar-refractivity contribution in [1.82, 2.24) is 27.4 Å². The molecule has 4 amide bonds. The van der Waals surface area contributed by atoms with Gasteiger partial charge in [-0.3, -0.25) is 19.2 Å². The van der Waals surface area contributed by atoms with Crippen molar-refractivity contribution in [3.63, 3.8) is 0 Å². The zero-order chi connectivity index (χ0) is 54.9. The van der Waals surface area contributed by atoms with E-state index in [1.807, 2.05) is 24.3 Å². The third-order valence-electron chi connectivity index (χ3n) is 11.2. The minimum atomic E-state index is -0.565. The van der Waals surface area contributed by atoms with E-state index in [0.29, 0.717) is 113 Å². The van der Waals surface area contributed by atoms with Gasteiger partial charge in [-0.25, -0.2) is 0 Å². The molecule has 81 heavy (non-hydrogen) atoms. The van der Waals surface area contributed by atoms with Crippen LogP contribution in [0, 0.1) is 0 Å². The van der Waals surface area contributed by atoms with Crippen molar-refractivity contribution in [2.75, 3.05) is 78.8 Å². The molecule has 22 nitrogen and oxygen atoms in total. The summed E-state index contributed by atoms with van der Waals surface area (Å²) < 4.78 is 23.8. The minimum absolute atomic E-state index is 0. The molecule has 0 saturated carbocycles. The number of carbonyl (C=O) groups excluding carboxylic acids is 4. The molecule has 0 aromatic heterocycles. The van der Waals surface area contributed by atoms with E-state index in [1.165, 1.54) is 11.1 Å². The fourth-order valence-electron chi connectivity index (χ4n) is 6.94. The number of hydrogen-bond acceptors (Lipinski definition) is 21. The molecule has 33 heteroatoms. The van der Waals surface area contributed by atoms with E-state index in [2.05, 4.69) is 62.0 Å². The molecular formula is C48H99B2N13O9S8W. The van der Waals surface area contributed by atoms with E-state index >= 15 is 0 Å². The minimum Gasteiger partial charge on any atom is -0.488 e. The van der Waals surface area contributed by atoms with Gasteiger partial charge in [0, 0.05) is 59.6 Å². The Morgan fingerprint density at radius 3 is 0.901 bits per heavy atom. The zero-order valence-corrected chi connectivity index (χ0v) is 57.1. The second-order valence-electron chi connectivity index (χ2n) is 17.1. The van der Waals surface area contributed by atoms with Crippen molar-refractivity contribution >= 4 is 140 Å². The van der Waals surface area contributed by atoms with Crippen LogP contribution in [0.15, 0.2) is 24.3 Å². The quantitative estimate of drug-likeness (QED) is 0.0188. The molecule has 1 heterocycles. The summed E-state index contributed by atoms with van der Waals surface area (Å²) in [6.07, 6.45) is 9.07. The molecule has 0 saturated heterocycles.